The summed E-state index contributed by atoms with van der Waals surface area (Å²) >= 11 is 0. The van der Waals surface area contributed by atoms with Gasteiger partial charge in [0.15, 0.2) is 0 Å². The minimum atomic E-state index is -0.665. The van der Waals surface area contributed by atoms with Gasteiger partial charge in [0.25, 0.3) is 0 Å². The first-order valence-corrected chi connectivity index (χ1v) is 4.99. The van der Waals surface area contributed by atoms with E-state index in [0.29, 0.717) is 5.92 Å². The van der Waals surface area contributed by atoms with E-state index in [1.807, 2.05) is 12.1 Å². The number of furan rings is 1. The standard InChI is InChI=1S/C11H12O3/c12-10(13)8-4-7-5-11(8,6-7)9-2-1-3-14-9/h1-3,7-8H,4-6H2,(H,12,13). The highest BCUT2D eigenvalue weighted by Crippen LogP contribution is 2.63. The average Bonchev–Trinajstić information content (AvgIpc) is 2.75. The van der Waals surface area contributed by atoms with E-state index in [1.54, 1.807) is 6.26 Å². The third-order valence-electron chi connectivity index (χ3n) is 3.85. The minimum Gasteiger partial charge on any atom is -0.481 e. The molecule has 0 aromatic carbocycles. The van der Waals surface area contributed by atoms with Crippen LogP contribution in [0.3, 0.4) is 0 Å². The molecule has 2 bridgehead atoms. The van der Waals surface area contributed by atoms with Crippen molar-refractivity contribution in [3.63, 3.8) is 0 Å². The van der Waals surface area contributed by atoms with Crippen molar-refractivity contribution in [3.8, 4) is 0 Å². The molecule has 1 unspecified atom stereocenters. The summed E-state index contributed by atoms with van der Waals surface area (Å²) in [7, 11) is 0. The highest BCUT2D eigenvalue weighted by molar-refractivity contribution is 5.74. The summed E-state index contributed by atoms with van der Waals surface area (Å²) in [6, 6.07) is 3.76. The Bertz CT molecular complexity index is 360. The second-order valence-electron chi connectivity index (χ2n) is 4.53. The fourth-order valence-electron chi connectivity index (χ4n) is 3.25. The summed E-state index contributed by atoms with van der Waals surface area (Å²) in [5, 5.41) is 9.13. The molecule has 0 amide bonds. The van der Waals surface area contributed by atoms with E-state index in [1.165, 1.54) is 0 Å². The van der Waals surface area contributed by atoms with E-state index in [4.69, 9.17) is 9.52 Å². The van der Waals surface area contributed by atoms with E-state index < -0.39 is 5.97 Å². The average molecular weight is 192 g/mol. The summed E-state index contributed by atoms with van der Waals surface area (Å²) in [5.74, 6) is 0.597. The summed E-state index contributed by atoms with van der Waals surface area (Å²) in [4.78, 5) is 11.1. The molecular weight excluding hydrogens is 180 g/mol. The SMILES string of the molecule is O=C(O)C1CC2CC1(c1ccco1)C2. The lowest BCUT2D eigenvalue weighted by Gasteiger charge is -2.38. The van der Waals surface area contributed by atoms with Crippen LogP contribution < -0.4 is 0 Å². The van der Waals surface area contributed by atoms with E-state index in [9.17, 15) is 4.79 Å². The van der Waals surface area contributed by atoms with Gasteiger partial charge in [0.1, 0.15) is 5.76 Å². The number of rotatable bonds is 2. The normalized spacial score (nSPS) is 39.4. The van der Waals surface area contributed by atoms with Gasteiger partial charge in [-0.3, -0.25) is 4.79 Å². The van der Waals surface area contributed by atoms with Gasteiger partial charge in [-0.25, -0.2) is 0 Å². The van der Waals surface area contributed by atoms with Crippen molar-refractivity contribution < 1.29 is 14.3 Å². The predicted octanol–water partition coefficient (Wildman–Crippen LogP) is 2.03. The Morgan fingerprint density at radius 2 is 2.36 bits per heavy atom. The molecule has 3 fully saturated rings. The van der Waals surface area contributed by atoms with E-state index in [-0.39, 0.29) is 11.3 Å². The van der Waals surface area contributed by atoms with Crippen molar-refractivity contribution in [2.45, 2.75) is 24.7 Å². The van der Waals surface area contributed by atoms with Gasteiger partial charge in [-0.2, -0.15) is 0 Å². The molecule has 1 aromatic heterocycles. The minimum absolute atomic E-state index is 0.167. The van der Waals surface area contributed by atoms with E-state index in [0.717, 1.165) is 25.0 Å². The Hall–Kier alpha value is -1.25. The van der Waals surface area contributed by atoms with Crippen molar-refractivity contribution in [2.75, 3.05) is 0 Å². The maximum absolute atomic E-state index is 11.1. The summed E-state index contributed by atoms with van der Waals surface area (Å²) in [6.45, 7) is 0. The molecule has 4 rings (SSSR count). The number of aliphatic carboxylic acids is 1. The topological polar surface area (TPSA) is 50.4 Å². The molecule has 0 spiro atoms. The highest BCUT2D eigenvalue weighted by Gasteiger charge is 2.62. The highest BCUT2D eigenvalue weighted by atomic mass is 16.4. The molecule has 3 aliphatic rings. The molecule has 0 aliphatic heterocycles. The van der Waals surface area contributed by atoms with E-state index in [2.05, 4.69) is 0 Å². The van der Waals surface area contributed by atoms with Gasteiger partial charge in [-0.15, -0.1) is 0 Å². The van der Waals surface area contributed by atoms with Crippen LogP contribution in [0.5, 0.6) is 0 Å². The van der Waals surface area contributed by atoms with Gasteiger partial charge in [0.05, 0.1) is 12.2 Å². The molecule has 3 saturated carbocycles. The van der Waals surface area contributed by atoms with Crippen molar-refractivity contribution in [1.82, 2.24) is 0 Å². The summed E-state index contributed by atoms with van der Waals surface area (Å²) < 4.78 is 5.38. The Balaban J connectivity index is 2.01. The van der Waals surface area contributed by atoms with Crippen LogP contribution in [0.25, 0.3) is 0 Å². The fourth-order valence-corrected chi connectivity index (χ4v) is 3.25. The Kier molecular flexibility index (Phi) is 1.39. The first kappa shape index (κ1) is 8.09. The quantitative estimate of drug-likeness (QED) is 0.780. The Morgan fingerprint density at radius 3 is 2.93 bits per heavy atom. The van der Waals surface area contributed by atoms with Gasteiger partial charge in [-0.05, 0) is 37.3 Å². The number of hydrogen-bond donors (Lipinski definition) is 1. The first-order chi connectivity index (χ1) is 6.72. The summed E-state index contributed by atoms with van der Waals surface area (Å²) in [6.07, 6.45) is 4.46. The van der Waals surface area contributed by atoms with Crippen LogP contribution in [0.1, 0.15) is 25.0 Å². The molecule has 1 N–H and O–H groups in total. The number of carboxylic acid groups (broad SMARTS) is 1. The molecule has 1 aromatic rings. The molecule has 0 saturated heterocycles. The van der Waals surface area contributed by atoms with Crippen LogP contribution in [-0.4, -0.2) is 11.1 Å². The molecular formula is C11H12O3. The molecule has 3 heteroatoms. The molecule has 1 heterocycles. The van der Waals surface area contributed by atoms with Gasteiger partial charge < -0.3 is 9.52 Å². The fraction of sp³-hybridized carbons (Fsp3) is 0.545. The van der Waals surface area contributed by atoms with Crippen LogP contribution in [0, 0.1) is 11.8 Å². The number of carboxylic acids is 1. The van der Waals surface area contributed by atoms with Gasteiger partial charge in [-0.1, -0.05) is 0 Å². The van der Waals surface area contributed by atoms with Crippen LogP contribution in [0.2, 0.25) is 0 Å². The maximum atomic E-state index is 11.1. The number of fused-ring (bicyclic) bond motifs is 1. The molecule has 14 heavy (non-hydrogen) atoms. The third-order valence-corrected chi connectivity index (χ3v) is 3.85. The molecule has 3 aliphatic carbocycles. The molecule has 1 atom stereocenters. The smallest absolute Gasteiger partial charge is 0.307 e. The lowest BCUT2D eigenvalue weighted by molar-refractivity contribution is -0.143. The Labute approximate surface area is 81.7 Å². The first-order valence-electron chi connectivity index (χ1n) is 4.99. The number of hydrogen-bond acceptors (Lipinski definition) is 2. The van der Waals surface area contributed by atoms with Crippen LogP contribution >= 0.6 is 0 Å². The third kappa shape index (κ3) is 0.800. The maximum Gasteiger partial charge on any atom is 0.307 e. The van der Waals surface area contributed by atoms with Crippen LogP contribution in [0.15, 0.2) is 22.8 Å². The Morgan fingerprint density at radius 1 is 1.57 bits per heavy atom. The van der Waals surface area contributed by atoms with E-state index >= 15 is 0 Å². The van der Waals surface area contributed by atoms with Gasteiger partial charge in [0.2, 0.25) is 0 Å². The second kappa shape index (κ2) is 2.41. The van der Waals surface area contributed by atoms with Crippen LogP contribution in [0.4, 0.5) is 0 Å². The van der Waals surface area contributed by atoms with Crippen molar-refractivity contribution >= 4 is 5.97 Å². The molecule has 3 nitrogen and oxygen atoms in total. The lowest BCUT2D eigenvalue weighted by Crippen LogP contribution is -2.39. The number of carbonyl (C=O) groups is 1. The monoisotopic (exact) mass is 192 g/mol. The van der Waals surface area contributed by atoms with Crippen molar-refractivity contribution in [1.29, 1.82) is 0 Å². The zero-order chi connectivity index (χ0) is 9.76. The van der Waals surface area contributed by atoms with Gasteiger partial charge in [0, 0.05) is 5.41 Å². The second-order valence-corrected chi connectivity index (χ2v) is 4.53. The largest absolute Gasteiger partial charge is 0.481 e. The molecule has 74 valence electrons. The van der Waals surface area contributed by atoms with Crippen LogP contribution in [-0.2, 0) is 10.2 Å². The summed E-state index contributed by atoms with van der Waals surface area (Å²) in [5.41, 5.74) is -0.167. The molecule has 0 radical (unpaired) electrons. The lowest BCUT2D eigenvalue weighted by atomic mass is 9.65. The van der Waals surface area contributed by atoms with Crippen molar-refractivity contribution in [2.24, 2.45) is 11.8 Å². The zero-order valence-electron chi connectivity index (χ0n) is 7.77. The van der Waals surface area contributed by atoms with Crippen molar-refractivity contribution in [3.05, 3.63) is 24.2 Å². The zero-order valence-corrected chi connectivity index (χ0v) is 7.77. The van der Waals surface area contributed by atoms with Gasteiger partial charge >= 0.3 is 5.97 Å². The predicted molar refractivity (Wildman–Crippen MR) is 48.9 cm³/mol.